The topological polar surface area (TPSA) is 87.2 Å². The molecule has 2 heterocycles. The van der Waals surface area contributed by atoms with Gasteiger partial charge in [0.1, 0.15) is 6.54 Å². The molecule has 3 rings (SSSR count). The van der Waals surface area contributed by atoms with Crippen LogP contribution in [0, 0.1) is 12.8 Å². The third kappa shape index (κ3) is 5.17. The van der Waals surface area contributed by atoms with Crippen LogP contribution in [0.4, 0.5) is 0 Å². The predicted molar refractivity (Wildman–Crippen MR) is 109 cm³/mol. The van der Waals surface area contributed by atoms with E-state index >= 15 is 0 Å². The van der Waals surface area contributed by atoms with Gasteiger partial charge in [-0.25, -0.2) is 0 Å². The van der Waals surface area contributed by atoms with Gasteiger partial charge in [-0.05, 0) is 32.3 Å². The number of hydrogen-bond donors (Lipinski definition) is 0. The van der Waals surface area contributed by atoms with Crippen molar-refractivity contribution in [1.82, 2.24) is 14.7 Å². The van der Waals surface area contributed by atoms with Crippen molar-refractivity contribution in [3.63, 3.8) is 0 Å². The smallest absolute Gasteiger partial charge is 0.312 e. The predicted octanol–water partition coefficient (Wildman–Crippen LogP) is 0.968. The summed E-state index contributed by atoms with van der Waals surface area (Å²) in [6.45, 7) is 6.03. The highest BCUT2D eigenvalue weighted by atomic mass is 16.5. The fourth-order valence-corrected chi connectivity index (χ4v) is 3.94. The third-order valence-electron chi connectivity index (χ3n) is 5.65. The molecule has 2 saturated heterocycles. The number of carbonyl (C=O) groups is 4. The number of aryl methyl sites for hydroxylation is 1. The monoisotopic (exact) mass is 415 g/mol. The number of ether oxygens (including phenoxy) is 1. The zero-order chi connectivity index (χ0) is 21.7. The van der Waals surface area contributed by atoms with Gasteiger partial charge in [0.25, 0.3) is 0 Å². The molecular formula is C22H29N3O5. The van der Waals surface area contributed by atoms with Crippen molar-refractivity contribution in [2.75, 3.05) is 39.3 Å². The van der Waals surface area contributed by atoms with Crippen LogP contribution in [0.3, 0.4) is 0 Å². The summed E-state index contributed by atoms with van der Waals surface area (Å²) in [5, 5.41) is 0. The molecule has 2 aliphatic heterocycles. The van der Waals surface area contributed by atoms with Crippen molar-refractivity contribution >= 4 is 23.7 Å². The Labute approximate surface area is 176 Å². The Morgan fingerprint density at radius 3 is 2.37 bits per heavy atom. The van der Waals surface area contributed by atoms with Gasteiger partial charge < -0.3 is 19.4 Å². The van der Waals surface area contributed by atoms with E-state index < -0.39 is 11.8 Å². The number of esters is 1. The van der Waals surface area contributed by atoms with Crippen LogP contribution in [0.5, 0.6) is 0 Å². The molecule has 3 amide bonds. The standard InChI is InChI=1S/C22H29N3O5/c1-3-30-22(29)18-7-9-23(10-8-18)19(26)15-25-12-11-24(20(27)21(25)28)14-17-6-4-5-16(2)13-17/h4-6,13,18H,3,7-12,14-15H2,1-2H3. The molecule has 0 saturated carbocycles. The second kappa shape index (κ2) is 9.73. The molecule has 8 nitrogen and oxygen atoms in total. The average Bonchev–Trinajstić information content (AvgIpc) is 2.74. The van der Waals surface area contributed by atoms with Crippen LogP contribution in [0.25, 0.3) is 0 Å². The molecule has 0 spiro atoms. The molecule has 0 unspecified atom stereocenters. The highest BCUT2D eigenvalue weighted by Crippen LogP contribution is 2.19. The highest BCUT2D eigenvalue weighted by Gasteiger charge is 2.35. The Bertz CT molecular complexity index is 817. The fourth-order valence-electron chi connectivity index (χ4n) is 3.94. The van der Waals surface area contributed by atoms with E-state index in [1.165, 1.54) is 9.80 Å². The van der Waals surface area contributed by atoms with Crippen LogP contribution in [0.15, 0.2) is 24.3 Å². The van der Waals surface area contributed by atoms with E-state index in [1.807, 2.05) is 31.2 Å². The minimum absolute atomic E-state index is 0.104. The van der Waals surface area contributed by atoms with Crippen molar-refractivity contribution in [3.05, 3.63) is 35.4 Å². The summed E-state index contributed by atoms with van der Waals surface area (Å²) < 4.78 is 5.05. The lowest BCUT2D eigenvalue weighted by Gasteiger charge is -2.36. The van der Waals surface area contributed by atoms with Gasteiger partial charge >= 0.3 is 17.8 Å². The van der Waals surface area contributed by atoms with E-state index in [9.17, 15) is 19.2 Å². The van der Waals surface area contributed by atoms with Crippen LogP contribution in [-0.2, 0) is 30.5 Å². The van der Waals surface area contributed by atoms with E-state index in [-0.39, 0.29) is 24.3 Å². The van der Waals surface area contributed by atoms with Crippen molar-refractivity contribution in [2.24, 2.45) is 5.92 Å². The van der Waals surface area contributed by atoms with E-state index in [0.29, 0.717) is 52.2 Å². The Morgan fingerprint density at radius 2 is 1.70 bits per heavy atom. The molecule has 0 N–H and O–H groups in total. The maximum absolute atomic E-state index is 12.6. The number of benzene rings is 1. The summed E-state index contributed by atoms with van der Waals surface area (Å²) in [6, 6.07) is 7.83. The van der Waals surface area contributed by atoms with Gasteiger partial charge in [0, 0.05) is 32.7 Å². The molecule has 1 aromatic carbocycles. The normalized spacial score (nSPS) is 18.0. The summed E-state index contributed by atoms with van der Waals surface area (Å²) in [6.07, 6.45) is 1.11. The molecule has 2 aliphatic rings. The number of carbonyl (C=O) groups excluding carboxylic acids is 4. The molecule has 0 aliphatic carbocycles. The lowest BCUT2D eigenvalue weighted by Crippen LogP contribution is -2.56. The fraction of sp³-hybridized carbons (Fsp3) is 0.545. The molecule has 162 valence electrons. The van der Waals surface area contributed by atoms with Gasteiger partial charge in [-0.1, -0.05) is 29.8 Å². The number of hydrogen-bond acceptors (Lipinski definition) is 5. The maximum Gasteiger partial charge on any atom is 0.312 e. The average molecular weight is 415 g/mol. The summed E-state index contributed by atoms with van der Waals surface area (Å²) >= 11 is 0. The second-order valence-corrected chi connectivity index (χ2v) is 7.85. The van der Waals surface area contributed by atoms with Crippen molar-refractivity contribution in [2.45, 2.75) is 33.2 Å². The Hall–Kier alpha value is -2.90. The Kier molecular flexibility index (Phi) is 7.07. The van der Waals surface area contributed by atoms with Crippen LogP contribution in [-0.4, -0.2) is 77.7 Å². The Morgan fingerprint density at radius 1 is 1.03 bits per heavy atom. The number of likely N-dealkylation sites (tertiary alicyclic amines) is 1. The first kappa shape index (κ1) is 21.8. The van der Waals surface area contributed by atoms with Crippen molar-refractivity contribution < 1.29 is 23.9 Å². The van der Waals surface area contributed by atoms with Gasteiger partial charge in [0.15, 0.2) is 0 Å². The highest BCUT2D eigenvalue weighted by molar-refractivity contribution is 6.35. The summed E-state index contributed by atoms with van der Waals surface area (Å²) in [4.78, 5) is 54.0. The lowest BCUT2D eigenvalue weighted by molar-refractivity contribution is -0.158. The second-order valence-electron chi connectivity index (χ2n) is 7.85. The minimum atomic E-state index is -0.635. The molecule has 0 aromatic heterocycles. The van der Waals surface area contributed by atoms with Crippen LogP contribution in [0.1, 0.15) is 30.9 Å². The van der Waals surface area contributed by atoms with Gasteiger partial charge in [-0.2, -0.15) is 0 Å². The number of piperazine rings is 1. The number of rotatable bonds is 6. The zero-order valence-corrected chi connectivity index (χ0v) is 17.6. The lowest BCUT2D eigenvalue weighted by atomic mass is 9.97. The summed E-state index contributed by atoms with van der Waals surface area (Å²) in [5.41, 5.74) is 2.08. The van der Waals surface area contributed by atoms with Crippen LogP contribution < -0.4 is 0 Å². The molecule has 0 atom stereocenters. The summed E-state index contributed by atoms with van der Waals surface area (Å²) in [5.74, 6) is -1.79. The number of nitrogens with zero attached hydrogens (tertiary/aromatic N) is 3. The molecule has 1 aromatic rings. The van der Waals surface area contributed by atoms with E-state index in [4.69, 9.17) is 4.74 Å². The first-order chi connectivity index (χ1) is 14.4. The van der Waals surface area contributed by atoms with E-state index in [0.717, 1.165) is 11.1 Å². The molecule has 8 heteroatoms. The van der Waals surface area contributed by atoms with Crippen LogP contribution in [0.2, 0.25) is 0 Å². The first-order valence-electron chi connectivity index (χ1n) is 10.5. The van der Waals surface area contributed by atoms with Crippen LogP contribution >= 0.6 is 0 Å². The molecular weight excluding hydrogens is 386 g/mol. The molecule has 0 bridgehead atoms. The molecule has 0 radical (unpaired) electrons. The van der Waals surface area contributed by atoms with Gasteiger partial charge in [-0.15, -0.1) is 0 Å². The third-order valence-corrected chi connectivity index (χ3v) is 5.65. The van der Waals surface area contributed by atoms with E-state index in [1.54, 1.807) is 11.8 Å². The summed E-state index contributed by atoms with van der Waals surface area (Å²) in [7, 11) is 0. The maximum atomic E-state index is 12.6. The SMILES string of the molecule is CCOC(=O)C1CCN(C(=O)CN2CCN(Cc3cccc(C)c3)C(=O)C2=O)CC1. The van der Waals surface area contributed by atoms with Crippen molar-refractivity contribution in [3.8, 4) is 0 Å². The minimum Gasteiger partial charge on any atom is -0.466 e. The molecule has 2 fully saturated rings. The van der Waals surface area contributed by atoms with Gasteiger partial charge in [0.05, 0.1) is 12.5 Å². The Balaban J connectivity index is 1.50. The quantitative estimate of drug-likeness (QED) is 0.510. The number of amides is 3. The largest absolute Gasteiger partial charge is 0.466 e. The van der Waals surface area contributed by atoms with Gasteiger partial charge in [0.2, 0.25) is 5.91 Å². The molecule has 30 heavy (non-hydrogen) atoms. The van der Waals surface area contributed by atoms with Crippen molar-refractivity contribution in [1.29, 1.82) is 0 Å². The zero-order valence-electron chi connectivity index (χ0n) is 17.6. The first-order valence-corrected chi connectivity index (χ1v) is 10.5. The number of piperidine rings is 1. The van der Waals surface area contributed by atoms with E-state index in [2.05, 4.69) is 0 Å². The van der Waals surface area contributed by atoms with Gasteiger partial charge in [-0.3, -0.25) is 19.2 Å².